The maximum absolute atomic E-state index is 13.8. The number of hydrogen-bond donors (Lipinski definition) is 6. The third-order valence-corrected chi connectivity index (χ3v) is 16.7. The van der Waals surface area contributed by atoms with Gasteiger partial charge in [-0.2, -0.15) is 4.31 Å². The predicted molar refractivity (Wildman–Crippen MR) is 315 cm³/mol. The summed E-state index contributed by atoms with van der Waals surface area (Å²) in [5.41, 5.74) is 14.1. The number of nitrogens with two attached hydrogens (primary N) is 1. The van der Waals surface area contributed by atoms with Gasteiger partial charge in [0.15, 0.2) is 0 Å². The van der Waals surface area contributed by atoms with Gasteiger partial charge in [-0.25, -0.2) is 27.8 Å². The van der Waals surface area contributed by atoms with Crippen molar-refractivity contribution >= 4 is 69.3 Å². The number of alkyl carbamates (subject to hydrolysis) is 2. The lowest BCUT2D eigenvalue weighted by atomic mass is 9.98. The lowest BCUT2D eigenvalue weighted by Crippen LogP contribution is -2.53. The molecule has 9 rings (SSSR count). The monoisotopic (exact) mass is 1150 g/mol. The number of ether oxygens (including phenoxy) is 3. The molecule has 3 aliphatic heterocycles. The molecule has 1 aliphatic carbocycles. The Bertz CT molecular complexity index is 3400. The summed E-state index contributed by atoms with van der Waals surface area (Å²) in [6, 6.07) is 33.2. The minimum absolute atomic E-state index is 0.0636. The summed E-state index contributed by atoms with van der Waals surface area (Å²) in [6.07, 6.45) is 1.63. The number of aliphatic imine (C=N–C) groups is 1. The molecule has 6 amide bonds. The van der Waals surface area contributed by atoms with Gasteiger partial charge in [-0.05, 0) is 121 Å². The van der Waals surface area contributed by atoms with Gasteiger partial charge in [0.25, 0.3) is 0 Å². The number of carbonyl (C=O) groups is 6. The molecule has 436 valence electrons. The van der Waals surface area contributed by atoms with Crippen LogP contribution in [0, 0.1) is 11.8 Å². The van der Waals surface area contributed by atoms with Crippen molar-refractivity contribution in [2.24, 2.45) is 22.6 Å². The highest BCUT2D eigenvalue weighted by Gasteiger charge is 2.40. The number of benzene rings is 5. The fourth-order valence-corrected chi connectivity index (χ4v) is 12.1. The molecule has 4 aliphatic rings. The van der Waals surface area contributed by atoms with Gasteiger partial charge in [-0.15, -0.1) is 0 Å². The van der Waals surface area contributed by atoms with Crippen molar-refractivity contribution in [3.8, 4) is 22.3 Å². The van der Waals surface area contributed by atoms with Crippen LogP contribution in [0.1, 0.15) is 88.5 Å². The van der Waals surface area contributed by atoms with Gasteiger partial charge in [-0.3, -0.25) is 19.3 Å². The van der Waals surface area contributed by atoms with E-state index in [2.05, 4.69) is 43.7 Å². The van der Waals surface area contributed by atoms with E-state index in [4.69, 9.17) is 19.9 Å². The first-order valence-corrected chi connectivity index (χ1v) is 29.4. The van der Waals surface area contributed by atoms with E-state index in [9.17, 15) is 37.2 Å². The fraction of sp³-hybridized carbons (Fsp3) is 0.371. The third kappa shape index (κ3) is 14.6. The highest BCUT2D eigenvalue weighted by Crippen LogP contribution is 2.45. The molecule has 83 heavy (non-hydrogen) atoms. The quantitative estimate of drug-likeness (QED) is 0.0337. The molecule has 1 unspecified atom stereocenters. The second-order valence-electron chi connectivity index (χ2n) is 22.5. The molecular formula is C62H71N9O11S. The maximum atomic E-state index is 13.8. The molecule has 0 radical (unpaired) electrons. The van der Waals surface area contributed by atoms with E-state index in [0.717, 1.165) is 22.3 Å². The van der Waals surface area contributed by atoms with E-state index >= 15 is 0 Å². The molecule has 21 heteroatoms. The van der Waals surface area contributed by atoms with Crippen molar-refractivity contribution in [3.63, 3.8) is 0 Å². The van der Waals surface area contributed by atoms with Crippen molar-refractivity contribution in [1.82, 2.24) is 30.5 Å². The van der Waals surface area contributed by atoms with Crippen LogP contribution in [0.3, 0.4) is 0 Å². The Labute approximate surface area is 483 Å². The first-order valence-electron chi connectivity index (χ1n) is 28.0. The Hall–Kier alpha value is -8.56. The van der Waals surface area contributed by atoms with Crippen LogP contribution in [0.25, 0.3) is 28.3 Å². The Morgan fingerprint density at radius 1 is 0.783 bits per heavy atom. The summed E-state index contributed by atoms with van der Waals surface area (Å²) in [6.45, 7) is 10.6. The van der Waals surface area contributed by atoms with Crippen LogP contribution < -0.4 is 32.3 Å². The zero-order chi connectivity index (χ0) is 59.0. The molecule has 3 heterocycles. The molecule has 0 aromatic heterocycles. The van der Waals surface area contributed by atoms with Crippen molar-refractivity contribution in [1.29, 1.82) is 0 Å². The number of fused-ring (bicyclic) bond motifs is 4. The van der Waals surface area contributed by atoms with Crippen LogP contribution in [0.5, 0.6) is 0 Å². The van der Waals surface area contributed by atoms with Gasteiger partial charge in [0.2, 0.25) is 27.7 Å². The van der Waals surface area contributed by atoms with E-state index in [1.165, 1.54) is 15.3 Å². The Morgan fingerprint density at radius 2 is 1.47 bits per heavy atom. The molecule has 20 nitrogen and oxygen atoms in total. The Kier molecular flexibility index (Phi) is 18.3. The number of nitrogens with one attached hydrogen (secondary N) is 5. The molecule has 5 aromatic carbocycles. The number of amidine groups is 1. The van der Waals surface area contributed by atoms with Crippen molar-refractivity contribution in [2.75, 3.05) is 51.2 Å². The first-order chi connectivity index (χ1) is 39.7. The van der Waals surface area contributed by atoms with Crippen molar-refractivity contribution in [3.05, 3.63) is 143 Å². The van der Waals surface area contributed by atoms with E-state index in [1.54, 1.807) is 81.4 Å². The highest BCUT2D eigenvalue weighted by molar-refractivity contribution is 7.89. The summed E-state index contributed by atoms with van der Waals surface area (Å²) < 4.78 is 45.5. The first kappa shape index (κ1) is 59.1. The molecule has 2 atom stereocenters. The van der Waals surface area contributed by atoms with Crippen LogP contribution in [0.2, 0.25) is 0 Å². The smallest absolute Gasteiger partial charge is 0.410 e. The van der Waals surface area contributed by atoms with Crippen LogP contribution >= 0.6 is 0 Å². The van der Waals surface area contributed by atoms with Gasteiger partial charge in [0, 0.05) is 74.3 Å². The van der Waals surface area contributed by atoms with Gasteiger partial charge in [-0.1, -0.05) is 98.8 Å². The minimum Gasteiger partial charge on any atom is -0.448 e. The van der Waals surface area contributed by atoms with Gasteiger partial charge in [0.05, 0.1) is 10.6 Å². The normalized spacial score (nSPS) is 16.4. The van der Waals surface area contributed by atoms with Crippen molar-refractivity contribution < 1.29 is 51.4 Å². The number of rotatable bonds is 19. The molecule has 0 bridgehead atoms. The van der Waals surface area contributed by atoms with Gasteiger partial charge in [0.1, 0.15) is 36.7 Å². The topological polar surface area (TPSA) is 269 Å². The standard InChI is InChI=1S/C62H71N9O11S/c1-38(2)55(69-57(73)53-19-11-28-71(53)61(77)81-37-51-49-17-8-6-15-47(49)48-16-7-9-18-50(48)51)58(74)67-45-24-20-39(21-25-45)36-80-59(75)66-33-40-34-70(35-40)83(78,79)46-14-10-13-41(30-46)42-22-23-43-29-44(32-54(63)68-52(43)31-42)56(72)64-26-12-27-65-60(76)82-62(3,4)5/h6-10,13-18,20-25,29-31,38,40,51,53,55H,11-12,19,26-28,32-37H2,1-5H3,(H2,63,68)(H,64,72)(H,65,76)(H,66,75)(H,67,74)(H,69,73)/t53-,55?/m0/s1. The highest BCUT2D eigenvalue weighted by atomic mass is 32.2. The van der Waals surface area contributed by atoms with E-state index in [-0.39, 0.29) is 73.7 Å². The molecule has 0 saturated carbocycles. The number of amides is 6. The average molecular weight is 1150 g/mol. The number of sulfonamides is 1. The number of likely N-dealkylation sites (tertiary alicyclic amines) is 1. The van der Waals surface area contributed by atoms with Crippen LogP contribution in [0.15, 0.2) is 131 Å². The number of hydrogen-bond acceptors (Lipinski definition) is 13. The second kappa shape index (κ2) is 25.7. The number of anilines is 1. The van der Waals surface area contributed by atoms with Gasteiger partial charge < -0.3 is 46.5 Å². The summed E-state index contributed by atoms with van der Waals surface area (Å²) in [4.78, 5) is 84.7. The second-order valence-corrected chi connectivity index (χ2v) is 24.4. The minimum atomic E-state index is -3.88. The predicted octanol–water partition coefficient (Wildman–Crippen LogP) is 8.20. The largest absolute Gasteiger partial charge is 0.448 e. The zero-order valence-electron chi connectivity index (χ0n) is 47.2. The number of nitrogens with zero attached hydrogens (tertiary/aromatic N) is 3. The summed E-state index contributed by atoms with van der Waals surface area (Å²) in [5.74, 6) is -1.48. The third-order valence-electron chi connectivity index (χ3n) is 14.8. The summed E-state index contributed by atoms with van der Waals surface area (Å²) >= 11 is 0. The number of carbonyl (C=O) groups excluding carboxylic acids is 6. The Balaban J connectivity index is 0.693. The zero-order valence-corrected chi connectivity index (χ0v) is 48.1. The molecule has 2 saturated heterocycles. The summed E-state index contributed by atoms with van der Waals surface area (Å²) in [5, 5.41) is 14.0. The van der Waals surface area contributed by atoms with E-state index < -0.39 is 57.8 Å². The molecule has 5 aromatic rings. The van der Waals surface area contributed by atoms with Crippen LogP contribution in [-0.4, -0.2) is 123 Å². The van der Waals surface area contributed by atoms with Crippen LogP contribution in [0.4, 0.5) is 25.8 Å². The van der Waals surface area contributed by atoms with E-state index in [1.807, 2.05) is 56.3 Å². The fourth-order valence-electron chi connectivity index (χ4n) is 10.5. The molecule has 0 spiro atoms. The molecule has 7 N–H and O–H groups in total. The van der Waals surface area contributed by atoms with Crippen molar-refractivity contribution in [2.45, 2.75) is 95.4 Å². The molecular weight excluding hydrogens is 1080 g/mol. The summed E-state index contributed by atoms with van der Waals surface area (Å²) in [7, 11) is -3.88. The maximum Gasteiger partial charge on any atom is 0.410 e. The lowest BCUT2D eigenvalue weighted by Gasteiger charge is -2.38. The molecule has 2 fully saturated rings. The Morgan fingerprint density at radius 3 is 2.17 bits per heavy atom. The average Bonchev–Trinajstić information content (AvgIpc) is 3.27. The SMILES string of the molecule is CC(C)C(NC(=O)[C@@H]1CCCN1C(=O)OCC1c2ccccc2-c2ccccc21)C(=O)Nc1ccc(COC(=O)NCC2CN(S(=O)(=O)c3cccc(-c4ccc5c(c4)N=C(N)CC(C(=O)NCCCNC(=O)OC(C)(C)C)=C5)c3)C2)cc1. The van der Waals surface area contributed by atoms with E-state index in [0.29, 0.717) is 78.1 Å². The van der Waals surface area contributed by atoms with Gasteiger partial charge >= 0.3 is 18.3 Å². The lowest BCUT2D eigenvalue weighted by molar-refractivity contribution is -0.130. The van der Waals surface area contributed by atoms with Crippen LogP contribution in [-0.2, 0) is 45.2 Å².